The summed E-state index contributed by atoms with van der Waals surface area (Å²) in [5, 5.41) is 12.2. The summed E-state index contributed by atoms with van der Waals surface area (Å²) in [6, 6.07) is 40.6. The number of benzene rings is 6. The van der Waals surface area contributed by atoms with E-state index in [1.807, 2.05) is 118 Å². The molecule has 2 aromatic heterocycles. The number of para-hydroxylation sites is 2. The number of fused-ring (bicyclic) bond motifs is 1. The molecule has 0 saturated carbocycles. The molecule has 0 atom stereocenters. The molecule has 0 radical (unpaired) electrons. The number of aromatic nitrogens is 3. The molecule has 4 heteroatoms. The number of nitrogens with zero attached hydrogens (tertiary/aromatic N) is 3. The SMILES string of the molecule is [2H]C([2H])([2H])c1ccc(-c2ccnc(-c3cc(-c4cccc5c4nc(-c4cccc(C(C)(C)C)c4O)n5-c4ccc(-c5cc(C(C)C)cc(C([2H])(C)C)c5)cc4C([2H])([2H])[2H])cc(C(C)(C)C)c3)c2)cc1. The Kier molecular flexibility index (Phi) is 8.98. The molecule has 6 aromatic carbocycles. The van der Waals surface area contributed by atoms with Gasteiger partial charge >= 0.3 is 0 Å². The largest absolute Gasteiger partial charge is 0.507 e. The van der Waals surface area contributed by atoms with Crippen LogP contribution in [-0.2, 0) is 10.8 Å². The Morgan fingerprint density at radius 2 is 1.31 bits per heavy atom. The van der Waals surface area contributed by atoms with Crippen LogP contribution in [0.5, 0.6) is 5.75 Å². The van der Waals surface area contributed by atoms with E-state index in [4.69, 9.17) is 19.6 Å². The predicted octanol–water partition coefficient (Wildman–Crippen LogP) is 15.9. The zero-order valence-electron chi connectivity index (χ0n) is 44.6. The molecule has 0 unspecified atom stereocenters. The van der Waals surface area contributed by atoms with Crippen molar-refractivity contribution in [2.75, 3.05) is 0 Å². The van der Waals surface area contributed by atoms with Gasteiger partial charge in [-0.05, 0) is 141 Å². The number of rotatable bonds is 8. The van der Waals surface area contributed by atoms with E-state index in [1.165, 1.54) is 0 Å². The van der Waals surface area contributed by atoms with Gasteiger partial charge in [0.05, 0.1) is 28.0 Å². The summed E-state index contributed by atoms with van der Waals surface area (Å²) in [5.74, 6) is -0.217. The molecular formula is C58H61N3O. The lowest BCUT2D eigenvalue weighted by molar-refractivity contribution is 0.448. The fraction of sp³-hybridized carbons (Fsp3) is 0.276. The van der Waals surface area contributed by atoms with Gasteiger partial charge < -0.3 is 5.11 Å². The highest BCUT2D eigenvalue weighted by Gasteiger charge is 2.26. The van der Waals surface area contributed by atoms with E-state index < -0.39 is 25.0 Å². The molecule has 314 valence electrons. The summed E-state index contributed by atoms with van der Waals surface area (Å²) >= 11 is 0. The van der Waals surface area contributed by atoms with E-state index in [9.17, 15) is 5.11 Å². The Morgan fingerprint density at radius 1 is 0.613 bits per heavy atom. The van der Waals surface area contributed by atoms with Crippen LogP contribution in [0.4, 0.5) is 0 Å². The molecule has 4 nitrogen and oxygen atoms in total. The summed E-state index contributed by atoms with van der Waals surface area (Å²) in [4.78, 5) is 10.2. The second-order valence-corrected chi connectivity index (χ2v) is 19.2. The van der Waals surface area contributed by atoms with E-state index >= 15 is 0 Å². The molecular weight excluding hydrogens is 755 g/mol. The molecule has 0 aliphatic rings. The van der Waals surface area contributed by atoms with E-state index in [1.54, 1.807) is 24.4 Å². The zero-order valence-corrected chi connectivity index (χ0v) is 37.6. The average Bonchev–Trinajstić information content (AvgIpc) is 3.66. The van der Waals surface area contributed by atoms with Crippen molar-refractivity contribution in [2.45, 2.75) is 106 Å². The van der Waals surface area contributed by atoms with Crippen molar-refractivity contribution >= 4 is 11.0 Å². The summed E-state index contributed by atoms with van der Waals surface area (Å²) in [5.41, 5.74) is 12.2. The van der Waals surface area contributed by atoms with Crippen molar-refractivity contribution in [3.63, 3.8) is 0 Å². The molecule has 62 heavy (non-hydrogen) atoms. The standard InChI is InChI=1S/C58H61N3O/c1-35(2)42-28-43(36(3)4)30-44(29-42)40-23-24-52(38(6)27-40)61-53-18-14-15-48(54(53)60-56(61)49-16-13-17-50(55(49)62)58(10,11)12)45-31-46(33-47(32-45)57(7,8)9)51-34-41(25-26-59-51)39-21-19-37(5)20-22-39/h13-36,62H,1-12H3/i5D3,6D3,35D. The van der Waals surface area contributed by atoms with Crippen LogP contribution < -0.4 is 0 Å². The van der Waals surface area contributed by atoms with Crippen LogP contribution in [0, 0.1) is 13.7 Å². The van der Waals surface area contributed by atoms with Crippen LogP contribution in [0.2, 0.25) is 0 Å². The summed E-state index contributed by atoms with van der Waals surface area (Å²) in [6.45, 7) is 15.8. The zero-order chi connectivity index (χ0) is 50.2. The third-order valence-electron chi connectivity index (χ3n) is 11.9. The highest BCUT2D eigenvalue weighted by Crippen LogP contribution is 2.43. The van der Waals surface area contributed by atoms with Gasteiger partial charge in [-0.1, -0.05) is 154 Å². The minimum absolute atomic E-state index is 0.0715. The Labute approximate surface area is 379 Å². The molecule has 8 rings (SSSR count). The molecule has 8 aromatic rings. The smallest absolute Gasteiger partial charge is 0.149 e. The minimum atomic E-state index is -2.56. The van der Waals surface area contributed by atoms with Gasteiger partial charge in [0.1, 0.15) is 11.6 Å². The first-order valence-corrected chi connectivity index (χ1v) is 21.5. The Morgan fingerprint density at radius 3 is 2.00 bits per heavy atom. The van der Waals surface area contributed by atoms with Crippen LogP contribution in [0.1, 0.15) is 124 Å². The molecule has 0 spiro atoms. The van der Waals surface area contributed by atoms with Crippen LogP contribution in [0.25, 0.3) is 72.7 Å². The van der Waals surface area contributed by atoms with Gasteiger partial charge in [0.2, 0.25) is 0 Å². The van der Waals surface area contributed by atoms with Gasteiger partial charge in [0.15, 0.2) is 0 Å². The molecule has 0 amide bonds. The van der Waals surface area contributed by atoms with Gasteiger partial charge in [-0.3, -0.25) is 9.55 Å². The van der Waals surface area contributed by atoms with Gasteiger partial charge in [-0.25, -0.2) is 4.98 Å². The van der Waals surface area contributed by atoms with Crippen LogP contribution in [-0.4, -0.2) is 19.6 Å². The van der Waals surface area contributed by atoms with Gasteiger partial charge in [0.25, 0.3) is 0 Å². The molecule has 0 saturated heterocycles. The van der Waals surface area contributed by atoms with Crippen molar-refractivity contribution in [3.8, 4) is 67.5 Å². The van der Waals surface area contributed by atoms with E-state index in [-0.39, 0.29) is 28.2 Å². The van der Waals surface area contributed by atoms with Crippen molar-refractivity contribution < 1.29 is 14.7 Å². The van der Waals surface area contributed by atoms with E-state index in [0.29, 0.717) is 28.1 Å². The third-order valence-corrected chi connectivity index (χ3v) is 11.9. The predicted molar refractivity (Wildman–Crippen MR) is 263 cm³/mol. The van der Waals surface area contributed by atoms with Gasteiger partial charge in [-0.15, -0.1) is 0 Å². The van der Waals surface area contributed by atoms with Gasteiger partial charge in [0, 0.05) is 26.9 Å². The van der Waals surface area contributed by atoms with E-state index in [2.05, 4.69) is 65.0 Å². The fourth-order valence-electron chi connectivity index (χ4n) is 8.23. The number of aryl methyl sites for hydroxylation is 2. The van der Waals surface area contributed by atoms with Crippen LogP contribution in [0.3, 0.4) is 0 Å². The van der Waals surface area contributed by atoms with Crippen molar-refractivity contribution in [2.24, 2.45) is 0 Å². The highest BCUT2D eigenvalue weighted by molar-refractivity contribution is 5.97. The molecule has 0 fully saturated rings. The lowest BCUT2D eigenvalue weighted by Crippen LogP contribution is -2.12. The second kappa shape index (κ2) is 16.2. The normalized spacial score (nSPS) is 14.5. The maximum absolute atomic E-state index is 12.2. The number of pyridine rings is 1. The molecule has 0 aliphatic carbocycles. The second-order valence-electron chi connectivity index (χ2n) is 19.2. The summed E-state index contributed by atoms with van der Waals surface area (Å²) in [6.07, 6.45) is 1.77. The first kappa shape index (κ1) is 34.3. The van der Waals surface area contributed by atoms with Crippen molar-refractivity contribution in [1.29, 1.82) is 0 Å². The topological polar surface area (TPSA) is 50.9 Å². The first-order valence-electron chi connectivity index (χ1n) is 25.0. The summed E-state index contributed by atoms with van der Waals surface area (Å²) in [7, 11) is 0. The third kappa shape index (κ3) is 8.23. The maximum atomic E-state index is 12.2. The first-order chi connectivity index (χ1) is 32.1. The number of phenolic OH excluding ortho intramolecular Hbond substituents is 1. The Balaban J connectivity index is 1.38. The highest BCUT2D eigenvalue weighted by atomic mass is 16.3. The average molecular weight is 823 g/mol. The van der Waals surface area contributed by atoms with Crippen LogP contribution in [0.15, 0.2) is 134 Å². The number of aromatic hydroxyl groups is 1. The Bertz CT molecular complexity index is 3230. The Hall–Kier alpha value is -6.26. The van der Waals surface area contributed by atoms with Crippen molar-refractivity contribution in [1.82, 2.24) is 14.5 Å². The molecule has 0 aliphatic heterocycles. The molecule has 0 bridgehead atoms. The van der Waals surface area contributed by atoms with Crippen LogP contribution >= 0.6 is 0 Å². The summed E-state index contributed by atoms with van der Waals surface area (Å²) < 4.78 is 61.4. The lowest BCUT2D eigenvalue weighted by Gasteiger charge is -2.22. The number of imidazole rings is 1. The van der Waals surface area contributed by atoms with Gasteiger partial charge in [-0.2, -0.15) is 0 Å². The number of hydrogen-bond donors (Lipinski definition) is 1. The number of phenols is 1. The quantitative estimate of drug-likeness (QED) is 0.166. The monoisotopic (exact) mass is 823 g/mol. The fourth-order valence-corrected chi connectivity index (χ4v) is 8.23. The van der Waals surface area contributed by atoms with Crippen molar-refractivity contribution in [3.05, 3.63) is 167 Å². The lowest BCUT2D eigenvalue weighted by atomic mass is 9.83. The van der Waals surface area contributed by atoms with E-state index in [0.717, 1.165) is 66.9 Å². The maximum Gasteiger partial charge on any atom is 0.149 e. The molecule has 1 N–H and O–H groups in total. The minimum Gasteiger partial charge on any atom is -0.507 e. The number of hydrogen-bond acceptors (Lipinski definition) is 3. The molecule has 2 heterocycles.